The van der Waals surface area contributed by atoms with Gasteiger partial charge in [0.05, 0.1) is 29.6 Å². The molecule has 1 aromatic carbocycles. The third kappa shape index (κ3) is 3.79. The molecule has 118 valence electrons. The number of ether oxygens (including phenoxy) is 1. The highest BCUT2D eigenvalue weighted by Crippen LogP contribution is 2.36. The predicted molar refractivity (Wildman–Crippen MR) is 83.1 cm³/mol. The molecular formula is C16H25FN2O2. The number of hydrogen-bond acceptors (Lipinski definition) is 4. The molecule has 1 saturated carbocycles. The van der Waals surface area contributed by atoms with E-state index in [0.717, 1.165) is 25.7 Å². The first-order valence-corrected chi connectivity index (χ1v) is 7.60. The second kappa shape index (κ2) is 6.52. The molecule has 0 aromatic heterocycles. The van der Waals surface area contributed by atoms with Gasteiger partial charge in [0, 0.05) is 12.1 Å². The maximum Gasteiger partial charge on any atom is 0.167 e. The van der Waals surface area contributed by atoms with Crippen LogP contribution in [0.1, 0.15) is 46.0 Å². The molecule has 4 N–H and O–H groups in total. The van der Waals surface area contributed by atoms with Crippen LogP contribution in [0.2, 0.25) is 0 Å². The first-order valence-electron chi connectivity index (χ1n) is 7.60. The molecule has 0 atom stereocenters. The lowest BCUT2D eigenvalue weighted by molar-refractivity contribution is 0.173. The summed E-state index contributed by atoms with van der Waals surface area (Å²) in [6.07, 6.45) is 5.00. The summed E-state index contributed by atoms with van der Waals surface area (Å²) in [6.45, 7) is 3.74. The van der Waals surface area contributed by atoms with Gasteiger partial charge in [-0.15, -0.1) is 0 Å². The number of nitrogen functional groups attached to an aromatic ring is 1. The van der Waals surface area contributed by atoms with Gasteiger partial charge in [0.15, 0.2) is 11.6 Å². The van der Waals surface area contributed by atoms with Gasteiger partial charge in [0.2, 0.25) is 0 Å². The van der Waals surface area contributed by atoms with Crippen LogP contribution in [0.3, 0.4) is 0 Å². The zero-order valence-corrected chi connectivity index (χ0v) is 12.8. The van der Waals surface area contributed by atoms with E-state index in [4.69, 9.17) is 10.5 Å². The van der Waals surface area contributed by atoms with Crippen molar-refractivity contribution < 1.29 is 14.2 Å². The van der Waals surface area contributed by atoms with Crippen molar-refractivity contribution in [1.29, 1.82) is 0 Å². The second-order valence-corrected chi connectivity index (χ2v) is 6.16. The van der Waals surface area contributed by atoms with Gasteiger partial charge in [-0.05, 0) is 26.7 Å². The van der Waals surface area contributed by atoms with Crippen LogP contribution in [0, 0.1) is 5.82 Å². The van der Waals surface area contributed by atoms with Crippen molar-refractivity contribution >= 4 is 11.4 Å². The molecule has 0 unspecified atom stereocenters. The summed E-state index contributed by atoms with van der Waals surface area (Å²) in [4.78, 5) is 0. The third-order valence-electron chi connectivity index (χ3n) is 3.98. The molecule has 0 spiro atoms. The van der Waals surface area contributed by atoms with E-state index in [1.807, 2.05) is 13.8 Å². The monoisotopic (exact) mass is 296 g/mol. The SMILES string of the molecule is CC(C)Oc1cc(NC2(CO)CCCCC2)c(N)cc1F. The van der Waals surface area contributed by atoms with Gasteiger partial charge in [0.1, 0.15) is 0 Å². The standard InChI is InChI=1S/C16H25FN2O2/c1-11(2)21-15-9-14(13(18)8-12(15)17)19-16(10-20)6-4-3-5-7-16/h8-9,11,19-20H,3-7,10,18H2,1-2H3. The van der Waals surface area contributed by atoms with E-state index in [0.29, 0.717) is 11.4 Å². The molecule has 0 aliphatic heterocycles. The van der Waals surface area contributed by atoms with Crippen LogP contribution in [0.25, 0.3) is 0 Å². The van der Waals surface area contributed by atoms with Gasteiger partial charge in [-0.2, -0.15) is 0 Å². The van der Waals surface area contributed by atoms with Gasteiger partial charge >= 0.3 is 0 Å². The zero-order chi connectivity index (χ0) is 15.5. The van der Waals surface area contributed by atoms with E-state index < -0.39 is 5.82 Å². The number of nitrogens with one attached hydrogen (secondary N) is 1. The van der Waals surface area contributed by atoms with Crippen LogP contribution in [-0.4, -0.2) is 23.4 Å². The van der Waals surface area contributed by atoms with Crippen molar-refractivity contribution in [3.8, 4) is 5.75 Å². The summed E-state index contributed by atoms with van der Waals surface area (Å²) in [5.74, 6) is -0.279. The molecule has 0 radical (unpaired) electrons. The van der Waals surface area contributed by atoms with Crippen LogP contribution in [0.15, 0.2) is 12.1 Å². The number of halogens is 1. The van der Waals surface area contributed by atoms with E-state index in [1.165, 1.54) is 12.5 Å². The molecule has 1 aromatic rings. The average Bonchev–Trinajstić information content (AvgIpc) is 2.44. The first-order chi connectivity index (χ1) is 9.96. The fourth-order valence-corrected chi connectivity index (χ4v) is 2.86. The number of benzene rings is 1. The number of aliphatic hydroxyl groups is 1. The smallest absolute Gasteiger partial charge is 0.167 e. The van der Waals surface area contributed by atoms with E-state index in [1.54, 1.807) is 6.07 Å². The van der Waals surface area contributed by atoms with Crippen molar-refractivity contribution in [2.45, 2.75) is 57.6 Å². The zero-order valence-electron chi connectivity index (χ0n) is 12.8. The van der Waals surface area contributed by atoms with Crippen molar-refractivity contribution in [2.75, 3.05) is 17.7 Å². The Labute approximate surface area is 125 Å². The Balaban J connectivity index is 2.25. The molecule has 1 aliphatic carbocycles. The van der Waals surface area contributed by atoms with Gasteiger partial charge in [-0.25, -0.2) is 4.39 Å². The number of aliphatic hydroxyl groups excluding tert-OH is 1. The van der Waals surface area contributed by atoms with Gasteiger partial charge < -0.3 is 20.9 Å². The van der Waals surface area contributed by atoms with E-state index in [2.05, 4.69) is 5.32 Å². The van der Waals surface area contributed by atoms with Crippen molar-refractivity contribution in [1.82, 2.24) is 0 Å². The molecule has 5 heteroatoms. The highest BCUT2D eigenvalue weighted by Gasteiger charge is 2.32. The number of nitrogens with two attached hydrogens (primary N) is 1. The Kier molecular flexibility index (Phi) is 4.93. The van der Waals surface area contributed by atoms with Gasteiger partial charge in [-0.1, -0.05) is 19.3 Å². The van der Waals surface area contributed by atoms with E-state index in [9.17, 15) is 9.50 Å². The molecule has 0 bridgehead atoms. The molecule has 1 aliphatic rings. The number of rotatable bonds is 5. The molecule has 0 saturated heterocycles. The summed E-state index contributed by atoms with van der Waals surface area (Å²) < 4.78 is 19.3. The van der Waals surface area contributed by atoms with Gasteiger partial charge in [0.25, 0.3) is 0 Å². The third-order valence-corrected chi connectivity index (χ3v) is 3.98. The minimum atomic E-state index is -0.464. The normalized spacial score (nSPS) is 17.8. The summed E-state index contributed by atoms with van der Waals surface area (Å²) >= 11 is 0. The molecule has 0 heterocycles. The van der Waals surface area contributed by atoms with Gasteiger partial charge in [-0.3, -0.25) is 0 Å². The minimum Gasteiger partial charge on any atom is -0.488 e. The topological polar surface area (TPSA) is 67.5 Å². The summed E-state index contributed by atoms with van der Waals surface area (Å²) in [5.41, 5.74) is 6.51. The molecule has 2 rings (SSSR count). The summed E-state index contributed by atoms with van der Waals surface area (Å²) in [6, 6.07) is 2.87. The average molecular weight is 296 g/mol. The highest BCUT2D eigenvalue weighted by molar-refractivity contribution is 5.69. The molecule has 1 fully saturated rings. The summed E-state index contributed by atoms with van der Waals surface area (Å²) in [5, 5.41) is 13.1. The molecule has 0 amide bonds. The Hall–Kier alpha value is -1.49. The maximum absolute atomic E-state index is 13.9. The van der Waals surface area contributed by atoms with E-state index in [-0.39, 0.29) is 24.0 Å². The first kappa shape index (κ1) is 15.9. The molecule has 21 heavy (non-hydrogen) atoms. The second-order valence-electron chi connectivity index (χ2n) is 6.16. The lowest BCUT2D eigenvalue weighted by atomic mass is 9.82. The largest absolute Gasteiger partial charge is 0.488 e. The quantitative estimate of drug-likeness (QED) is 0.729. The highest BCUT2D eigenvalue weighted by atomic mass is 19.1. The van der Waals surface area contributed by atoms with Crippen molar-refractivity contribution in [2.24, 2.45) is 0 Å². The molecular weight excluding hydrogens is 271 g/mol. The molecule has 4 nitrogen and oxygen atoms in total. The Morgan fingerprint density at radius 1 is 1.33 bits per heavy atom. The summed E-state index contributed by atoms with van der Waals surface area (Å²) in [7, 11) is 0. The van der Waals surface area contributed by atoms with Crippen LogP contribution < -0.4 is 15.8 Å². The van der Waals surface area contributed by atoms with Crippen LogP contribution >= 0.6 is 0 Å². The van der Waals surface area contributed by atoms with E-state index >= 15 is 0 Å². The minimum absolute atomic E-state index is 0.0458. The number of hydrogen-bond donors (Lipinski definition) is 3. The maximum atomic E-state index is 13.9. The Bertz CT molecular complexity index is 485. The fourth-order valence-electron chi connectivity index (χ4n) is 2.86. The number of anilines is 2. The Morgan fingerprint density at radius 3 is 2.57 bits per heavy atom. The van der Waals surface area contributed by atoms with Crippen LogP contribution in [-0.2, 0) is 0 Å². The lowest BCUT2D eigenvalue weighted by Crippen LogP contribution is -2.44. The van der Waals surface area contributed by atoms with Crippen molar-refractivity contribution in [3.63, 3.8) is 0 Å². The van der Waals surface area contributed by atoms with Crippen LogP contribution in [0.4, 0.5) is 15.8 Å². The lowest BCUT2D eigenvalue weighted by Gasteiger charge is -2.37. The predicted octanol–water partition coefficient (Wildman–Crippen LogP) is 3.30. The Morgan fingerprint density at radius 2 is 2.00 bits per heavy atom. The van der Waals surface area contributed by atoms with Crippen molar-refractivity contribution in [3.05, 3.63) is 17.9 Å². The van der Waals surface area contributed by atoms with Crippen LogP contribution in [0.5, 0.6) is 5.75 Å². The fraction of sp³-hybridized carbons (Fsp3) is 0.625.